The zero-order chi connectivity index (χ0) is 17.1. The molecule has 0 spiro atoms. The second kappa shape index (κ2) is 9.93. The van der Waals surface area contributed by atoms with Crippen LogP contribution in [0.5, 0.6) is 0 Å². The van der Waals surface area contributed by atoms with E-state index in [1.54, 1.807) is 0 Å². The van der Waals surface area contributed by atoms with Crippen LogP contribution in [0.1, 0.15) is 56.1 Å². The first kappa shape index (κ1) is 18.3. The highest BCUT2D eigenvalue weighted by atomic mass is 14.4. The Morgan fingerprint density at radius 3 is 1.58 bits per heavy atom. The second-order valence-electron chi connectivity index (χ2n) is 6.53. The Hall–Kier alpha value is -2.08. The van der Waals surface area contributed by atoms with Gasteiger partial charge < -0.3 is 0 Å². The average molecular weight is 319 g/mol. The van der Waals surface area contributed by atoms with E-state index >= 15 is 0 Å². The van der Waals surface area contributed by atoms with E-state index in [1.807, 2.05) is 12.2 Å². The van der Waals surface area contributed by atoms with Gasteiger partial charge in [0.05, 0.1) is 0 Å². The van der Waals surface area contributed by atoms with Crippen molar-refractivity contribution in [2.24, 2.45) is 0 Å². The van der Waals surface area contributed by atoms with Crippen molar-refractivity contribution in [1.82, 2.24) is 0 Å². The minimum absolute atomic E-state index is 0.104. The molecule has 0 unspecified atom stereocenters. The quantitative estimate of drug-likeness (QED) is 0.307. The molecule has 0 amide bonds. The molecule has 0 bridgehead atoms. The van der Waals surface area contributed by atoms with E-state index in [-0.39, 0.29) is 5.41 Å². The molecule has 0 radical (unpaired) electrons. The molecule has 0 fully saturated rings. The van der Waals surface area contributed by atoms with E-state index < -0.39 is 0 Å². The summed E-state index contributed by atoms with van der Waals surface area (Å²) in [6, 6.07) is 22.1. The summed E-state index contributed by atoms with van der Waals surface area (Å²) in [5, 5.41) is 0. The van der Waals surface area contributed by atoms with Crippen LogP contribution >= 0.6 is 0 Å². The van der Waals surface area contributed by atoms with E-state index in [4.69, 9.17) is 0 Å². The molecule has 0 saturated carbocycles. The van der Waals surface area contributed by atoms with Crippen LogP contribution in [0.2, 0.25) is 0 Å². The summed E-state index contributed by atoms with van der Waals surface area (Å²) < 4.78 is 0. The molecule has 24 heavy (non-hydrogen) atoms. The van der Waals surface area contributed by atoms with Gasteiger partial charge in [0.1, 0.15) is 0 Å². The van der Waals surface area contributed by atoms with Crippen LogP contribution in [0.25, 0.3) is 0 Å². The van der Waals surface area contributed by atoms with Crippen LogP contribution in [-0.2, 0) is 5.41 Å². The van der Waals surface area contributed by atoms with E-state index in [2.05, 4.69) is 73.8 Å². The van der Waals surface area contributed by atoms with Crippen LogP contribution in [0.3, 0.4) is 0 Å². The SMILES string of the molecule is C=CCCCCC(CCCC=C)(c1ccccc1)c1ccccc1. The number of benzene rings is 2. The fraction of sp³-hybridized carbons (Fsp3) is 0.333. The first-order valence-electron chi connectivity index (χ1n) is 9.16. The van der Waals surface area contributed by atoms with Crippen molar-refractivity contribution in [3.05, 3.63) is 97.1 Å². The summed E-state index contributed by atoms with van der Waals surface area (Å²) in [6.45, 7) is 7.76. The Morgan fingerprint density at radius 2 is 1.08 bits per heavy atom. The summed E-state index contributed by atoms with van der Waals surface area (Å²) in [4.78, 5) is 0. The summed E-state index contributed by atoms with van der Waals surface area (Å²) >= 11 is 0. The maximum atomic E-state index is 3.90. The van der Waals surface area contributed by atoms with Crippen LogP contribution < -0.4 is 0 Å². The molecule has 2 rings (SSSR count). The molecule has 0 aliphatic heterocycles. The first-order valence-corrected chi connectivity index (χ1v) is 9.16. The number of unbranched alkanes of at least 4 members (excludes halogenated alkanes) is 3. The third-order valence-electron chi connectivity index (χ3n) is 4.93. The van der Waals surface area contributed by atoms with E-state index in [1.165, 1.54) is 43.2 Å². The van der Waals surface area contributed by atoms with Crippen LogP contribution in [0.4, 0.5) is 0 Å². The Morgan fingerprint density at radius 1 is 0.625 bits per heavy atom. The summed E-state index contributed by atoms with van der Waals surface area (Å²) in [7, 11) is 0. The van der Waals surface area contributed by atoms with Crippen molar-refractivity contribution in [2.75, 3.05) is 0 Å². The second-order valence-corrected chi connectivity index (χ2v) is 6.53. The standard InChI is InChI=1S/C24H30/c1-3-5-7-15-21-24(20-14-6-4-2,22-16-10-8-11-17-22)23-18-12-9-13-19-23/h3-4,8-13,16-19H,1-2,5-7,14-15,20-21H2. The lowest BCUT2D eigenvalue weighted by Gasteiger charge is -2.36. The number of hydrogen-bond acceptors (Lipinski definition) is 0. The fourth-order valence-electron chi connectivity index (χ4n) is 3.65. The Labute approximate surface area is 147 Å². The van der Waals surface area contributed by atoms with Crippen molar-refractivity contribution >= 4 is 0 Å². The first-order chi connectivity index (χ1) is 11.8. The Bertz CT molecular complexity index is 555. The van der Waals surface area contributed by atoms with Gasteiger partial charge in [-0.3, -0.25) is 0 Å². The molecule has 0 saturated heterocycles. The van der Waals surface area contributed by atoms with Gasteiger partial charge in [0.2, 0.25) is 0 Å². The van der Waals surface area contributed by atoms with Gasteiger partial charge in [-0.05, 0) is 49.7 Å². The highest BCUT2D eigenvalue weighted by molar-refractivity contribution is 5.39. The molecule has 0 aromatic heterocycles. The lowest BCUT2D eigenvalue weighted by atomic mass is 9.68. The average Bonchev–Trinajstić information content (AvgIpc) is 2.65. The van der Waals surface area contributed by atoms with Crippen molar-refractivity contribution in [3.63, 3.8) is 0 Å². The van der Waals surface area contributed by atoms with Gasteiger partial charge in [-0.15, -0.1) is 13.2 Å². The molecule has 2 aromatic carbocycles. The van der Waals surface area contributed by atoms with Gasteiger partial charge in [0.25, 0.3) is 0 Å². The molecule has 2 aromatic rings. The van der Waals surface area contributed by atoms with Gasteiger partial charge in [-0.25, -0.2) is 0 Å². The Kier molecular flexibility index (Phi) is 7.55. The van der Waals surface area contributed by atoms with E-state index in [9.17, 15) is 0 Å². The zero-order valence-electron chi connectivity index (χ0n) is 14.8. The van der Waals surface area contributed by atoms with Crippen molar-refractivity contribution in [3.8, 4) is 0 Å². The molecular weight excluding hydrogens is 288 g/mol. The minimum atomic E-state index is 0.104. The molecule has 126 valence electrons. The third-order valence-corrected chi connectivity index (χ3v) is 4.93. The van der Waals surface area contributed by atoms with Crippen LogP contribution in [0.15, 0.2) is 86.0 Å². The summed E-state index contributed by atoms with van der Waals surface area (Å²) in [5.74, 6) is 0. The molecule has 0 heteroatoms. The highest BCUT2D eigenvalue weighted by Crippen LogP contribution is 2.41. The zero-order valence-corrected chi connectivity index (χ0v) is 14.8. The molecular formula is C24H30. The predicted molar refractivity (Wildman–Crippen MR) is 106 cm³/mol. The van der Waals surface area contributed by atoms with Gasteiger partial charge in [0, 0.05) is 5.41 Å². The lowest BCUT2D eigenvalue weighted by molar-refractivity contribution is 0.406. The Balaban J connectivity index is 2.37. The monoisotopic (exact) mass is 318 g/mol. The van der Waals surface area contributed by atoms with Crippen molar-refractivity contribution in [2.45, 2.75) is 50.4 Å². The molecule has 0 atom stereocenters. The van der Waals surface area contributed by atoms with E-state index in [0.717, 1.165) is 12.8 Å². The van der Waals surface area contributed by atoms with Crippen molar-refractivity contribution < 1.29 is 0 Å². The maximum Gasteiger partial charge on any atom is 0.0203 e. The normalized spacial score (nSPS) is 11.2. The third kappa shape index (κ3) is 4.71. The summed E-state index contributed by atoms with van der Waals surface area (Å²) in [6.07, 6.45) is 12.2. The van der Waals surface area contributed by atoms with Gasteiger partial charge >= 0.3 is 0 Å². The van der Waals surface area contributed by atoms with Crippen LogP contribution in [-0.4, -0.2) is 0 Å². The minimum Gasteiger partial charge on any atom is -0.103 e. The predicted octanol–water partition coefficient (Wildman–Crippen LogP) is 7.08. The van der Waals surface area contributed by atoms with Crippen molar-refractivity contribution in [1.29, 1.82) is 0 Å². The fourth-order valence-corrected chi connectivity index (χ4v) is 3.65. The largest absolute Gasteiger partial charge is 0.103 e. The number of hydrogen-bond donors (Lipinski definition) is 0. The molecule has 0 nitrogen and oxygen atoms in total. The molecule has 0 heterocycles. The number of allylic oxidation sites excluding steroid dienone is 2. The summed E-state index contributed by atoms with van der Waals surface area (Å²) in [5.41, 5.74) is 2.99. The topological polar surface area (TPSA) is 0 Å². The number of rotatable bonds is 11. The lowest BCUT2D eigenvalue weighted by Crippen LogP contribution is -2.28. The van der Waals surface area contributed by atoms with E-state index in [0.29, 0.717) is 0 Å². The smallest absolute Gasteiger partial charge is 0.0203 e. The molecule has 0 aliphatic rings. The van der Waals surface area contributed by atoms with Crippen LogP contribution in [0, 0.1) is 0 Å². The maximum absolute atomic E-state index is 3.90. The highest BCUT2D eigenvalue weighted by Gasteiger charge is 2.32. The molecule has 0 N–H and O–H groups in total. The molecule has 0 aliphatic carbocycles. The van der Waals surface area contributed by atoms with Gasteiger partial charge in [-0.2, -0.15) is 0 Å². The van der Waals surface area contributed by atoms with Gasteiger partial charge in [0.15, 0.2) is 0 Å². The van der Waals surface area contributed by atoms with Gasteiger partial charge in [-0.1, -0.05) is 79.2 Å².